The summed E-state index contributed by atoms with van der Waals surface area (Å²) >= 11 is 0. The molecule has 1 aromatic carbocycles. The maximum Gasteiger partial charge on any atom is 0.225 e. The third-order valence-corrected chi connectivity index (χ3v) is 6.79. The van der Waals surface area contributed by atoms with Gasteiger partial charge in [-0.05, 0) is 18.6 Å². The molecule has 28 heavy (non-hydrogen) atoms. The first-order valence-electron chi connectivity index (χ1n) is 9.01. The molecular formula is C18H21FN4O4S. The zero-order chi connectivity index (χ0) is 20.3. The minimum Gasteiger partial charge on any atom is -0.382 e. The number of benzene rings is 1. The van der Waals surface area contributed by atoms with Gasteiger partial charge in [-0.3, -0.25) is 9.59 Å². The van der Waals surface area contributed by atoms with E-state index in [9.17, 15) is 22.4 Å². The van der Waals surface area contributed by atoms with Gasteiger partial charge in [0, 0.05) is 32.1 Å². The molecule has 0 aliphatic carbocycles. The quantitative estimate of drug-likeness (QED) is 0.652. The minimum atomic E-state index is -3.10. The molecule has 0 spiro atoms. The molecule has 150 valence electrons. The fourth-order valence-corrected chi connectivity index (χ4v) is 5.32. The molecule has 8 nitrogen and oxygen atoms in total. The first kappa shape index (κ1) is 20.1. The SMILES string of the molecule is N#Cc1c(F)cccc1NCCNC(=O)[C@H]1CC(=O)N([C@@H]2CCS(=O)(=O)C2)C1. The number of rotatable bonds is 6. The Hall–Kier alpha value is -2.67. The van der Waals surface area contributed by atoms with Crippen LogP contribution < -0.4 is 10.6 Å². The molecule has 1 aromatic rings. The first-order valence-corrected chi connectivity index (χ1v) is 10.8. The number of carbonyl (C=O) groups is 2. The van der Waals surface area contributed by atoms with Gasteiger partial charge in [-0.2, -0.15) is 5.26 Å². The molecule has 2 heterocycles. The van der Waals surface area contributed by atoms with Crippen molar-refractivity contribution in [1.82, 2.24) is 10.2 Å². The number of nitriles is 1. The number of nitrogens with zero attached hydrogens (tertiary/aromatic N) is 2. The summed E-state index contributed by atoms with van der Waals surface area (Å²) in [4.78, 5) is 26.0. The zero-order valence-corrected chi connectivity index (χ0v) is 16.0. The van der Waals surface area contributed by atoms with Gasteiger partial charge >= 0.3 is 0 Å². The summed E-state index contributed by atoms with van der Waals surface area (Å²) in [5, 5.41) is 14.6. The highest BCUT2D eigenvalue weighted by Gasteiger charge is 2.41. The standard InChI is InChI=1S/C18H21FN4O4S/c19-15-2-1-3-16(14(15)9-20)21-5-6-22-18(25)12-8-17(24)23(10-12)13-4-7-28(26,27)11-13/h1-3,12-13,21H,4-8,10-11H2,(H,22,25)/t12-,13+/m0/s1. The largest absolute Gasteiger partial charge is 0.382 e. The van der Waals surface area contributed by atoms with Crippen molar-refractivity contribution >= 4 is 27.3 Å². The molecule has 0 saturated carbocycles. The Balaban J connectivity index is 1.47. The van der Waals surface area contributed by atoms with Crippen molar-refractivity contribution < 1.29 is 22.4 Å². The Labute approximate surface area is 162 Å². The number of amides is 2. The average molecular weight is 408 g/mol. The van der Waals surface area contributed by atoms with E-state index in [-0.39, 0.29) is 61.0 Å². The maximum absolute atomic E-state index is 13.5. The highest BCUT2D eigenvalue weighted by Crippen LogP contribution is 2.26. The molecular weight excluding hydrogens is 387 g/mol. The Bertz CT molecular complexity index is 928. The van der Waals surface area contributed by atoms with Gasteiger partial charge < -0.3 is 15.5 Å². The highest BCUT2D eigenvalue weighted by atomic mass is 32.2. The number of carbonyl (C=O) groups excluding carboxylic acids is 2. The van der Waals surface area contributed by atoms with Crippen LogP contribution in [0.15, 0.2) is 18.2 Å². The Morgan fingerprint density at radius 2 is 2.14 bits per heavy atom. The second kappa shape index (κ2) is 8.14. The van der Waals surface area contributed by atoms with Gasteiger partial charge in [-0.1, -0.05) is 6.07 Å². The van der Waals surface area contributed by atoms with Crippen LogP contribution in [-0.4, -0.2) is 62.3 Å². The van der Waals surface area contributed by atoms with Gasteiger partial charge in [-0.15, -0.1) is 0 Å². The lowest BCUT2D eigenvalue weighted by molar-refractivity contribution is -0.130. The monoisotopic (exact) mass is 408 g/mol. The molecule has 0 unspecified atom stereocenters. The summed E-state index contributed by atoms with van der Waals surface area (Å²) in [6.07, 6.45) is 0.486. The third-order valence-electron chi connectivity index (χ3n) is 5.04. The zero-order valence-electron chi connectivity index (χ0n) is 15.2. The summed E-state index contributed by atoms with van der Waals surface area (Å²) in [6, 6.07) is 5.71. The van der Waals surface area contributed by atoms with Crippen molar-refractivity contribution in [3.8, 4) is 6.07 Å². The summed E-state index contributed by atoms with van der Waals surface area (Å²) in [5.74, 6) is -1.56. The topological polar surface area (TPSA) is 119 Å². The number of sulfone groups is 1. The maximum atomic E-state index is 13.5. The van der Waals surface area contributed by atoms with Crippen LogP contribution in [0.2, 0.25) is 0 Å². The van der Waals surface area contributed by atoms with Crippen LogP contribution in [0.1, 0.15) is 18.4 Å². The molecule has 2 atom stereocenters. The lowest BCUT2D eigenvalue weighted by Gasteiger charge is -2.22. The smallest absolute Gasteiger partial charge is 0.225 e. The predicted octanol–water partition coefficient (Wildman–Crippen LogP) is 0.261. The van der Waals surface area contributed by atoms with Crippen molar-refractivity contribution in [3.63, 3.8) is 0 Å². The summed E-state index contributed by atoms with van der Waals surface area (Å²) in [6.45, 7) is 0.749. The molecule has 2 amide bonds. The molecule has 2 saturated heterocycles. The lowest BCUT2D eigenvalue weighted by atomic mass is 10.1. The number of nitrogens with one attached hydrogen (secondary N) is 2. The average Bonchev–Trinajstić information content (AvgIpc) is 3.20. The second-order valence-electron chi connectivity index (χ2n) is 7.00. The van der Waals surface area contributed by atoms with Gasteiger partial charge in [0.1, 0.15) is 17.4 Å². The molecule has 2 N–H and O–H groups in total. The number of halogens is 1. The predicted molar refractivity (Wildman–Crippen MR) is 99.5 cm³/mol. The first-order chi connectivity index (χ1) is 13.3. The van der Waals surface area contributed by atoms with Crippen LogP contribution in [0, 0.1) is 23.1 Å². The molecule has 0 radical (unpaired) electrons. The van der Waals surface area contributed by atoms with E-state index in [1.165, 1.54) is 17.0 Å². The highest BCUT2D eigenvalue weighted by molar-refractivity contribution is 7.91. The molecule has 0 aromatic heterocycles. The van der Waals surface area contributed by atoms with E-state index in [0.29, 0.717) is 12.1 Å². The van der Waals surface area contributed by atoms with E-state index in [2.05, 4.69) is 10.6 Å². The summed E-state index contributed by atoms with van der Waals surface area (Å²) in [5.41, 5.74) is 0.263. The van der Waals surface area contributed by atoms with E-state index in [1.54, 1.807) is 12.1 Å². The number of likely N-dealkylation sites (tertiary alicyclic amines) is 1. The van der Waals surface area contributed by atoms with Gasteiger partial charge in [-0.25, -0.2) is 12.8 Å². The number of anilines is 1. The summed E-state index contributed by atoms with van der Waals surface area (Å²) in [7, 11) is -3.10. The Kier molecular flexibility index (Phi) is 5.84. The molecule has 2 fully saturated rings. The van der Waals surface area contributed by atoms with Crippen molar-refractivity contribution in [1.29, 1.82) is 5.26 Å². The van der Waals surface area contributed by atoms with Crippen LogP contribution in [0.4, 0.5) is 10.1 Å². The molecule has 3 rings (SSSR count). The van der Waals surface area contributed by atoms with Crippen LogP contribution >= 0.6 is 0 Å². The molecule has 10 heteroatoms. The van der Waals surface area contributed by atoms with Gasteiger partial charge in [0.2, 0.25) is 11.8 Å². The van der Waals surface area contributed by atoms with Crippen LogP contribution in [0.25, 0.3) is 0 Å². The number of hydrogen-bond donors (Lipinski definition) is 2. The Morgan fingerprint density at radius 1 is 1.36 bits per heavy atom. The minimum absolute atomic E-state index is 0.0359. The number of hydrogen-bond acceptors (Lipinski definition) is 6. The van der Waals surface area contributed by atoms with E-state index < -0.39 is 21.6 Å². The van der Waals surface area contributed by atoms with Crippen molar-refractivity contribution in [3.05, 3.63) is 29.6 Å². The van der Waals surface area contributed by atoms with E-state index in [4.69, 9.17) is 5.26 Å². The molecule has 2 aliphatic rings. The lowest BCUT2D eigenvalue weighted by Crippen LogP contribution is -2.39. The fourth-order valence-electron chi connectivity index (χ4n) is 3.59. The molecule has 2 aliphatic heterocycles. The van der Waals surface area contributed by atoms with Crippen molar-refractivity contribution in [2.24, 2.45) is 5.92 Å². The third kappa shape index (κ3) is 4.42. The fraction of sp³-hybridized carbons (Fsp3) is 0.500. The molecule has 0 bridgehead atoms. The van der Waals surface area contributed by atoms with E-state index in [1.807, 2.05) is 0 Å². The van der Waals surface area contributed by atoms with Crippen LogP contribution in [0.3, 0.4) is 0 Å². The van der Waals surface area contributed by atoms with Crippen molar-refractivity contribution in [2.45, 2.75) is 18.9 Å². The van der Waals surface area contributed by atoms with Gasteiger partial charge in [0.25, 0.3) is 0 Å². The van der Waals surface area contributed by atoms with Crippen LogP contribution in [-0.2, 0) is 19.4 Å². The van der Waals surface area contributed by atoms with Crippen LogP contribution in [0.5, 0.6) is 0 Å². The normalized spacial score (nSPS) is 23.4. The van der Waals surface area contributed by atoms with Gasteiger partial charge in [0.05, 0.1) is 23.1 Å². The van der Waals surface area contributed by atoms with Crippen molar-refractivity contribution in [2.75, 3.05) is 36.5 Å². The van der Waals surface area contributed by atoms with Gasteiger partial charge in [0.15, 0.2) is 9.84 Å². The van der Waals surface area contributed by atoms with E-state index >= 15 is 0 Å². The van der Waals surface area contributed by atoms with E-state index in [0.717, 1.165) is 0 Å². The second-order valence-corrected chi connectivity index (χ2v) is 9.22. The Morgan fingerprint density at radius 3 is 2.82 bits per heavy atom. The summed E-state index contributed by atoms with van der Waals surface area (Å²) < 4.78 is 36.8.